The number of piperazine rings is 1. The minimum absolute atomic E-state index is 0.597. The monoisotopic (exact) mass is 287 g/mol. The molecule has 2 saturated heterocycles. The number of hydrogen-bond donors (Lipinski definition) is 1. The molecule has 21 heavy (non-hydrogen) atoms. The van der Waals surface area contributed by atoms with Crippen LogP contribution in [0.3, 0.4) is 0 Å². The molecule has 0 bridgehead atoms. The third kappa shape index (κ3) is 3.89. The second kappa shape index (κ2) is 6.67. The maximum absolute atomic E-state index is 3.67. The minimum Gasteiger partial charge on any atom is -0.382 e. The Balaban J connectivity index is 1.60. The van der Waals surface area contributed by atoms with Crippen LogP contribution in [-0.2, 0) is 0 Å². The van der Waals surface area contributed by atoms with Gasteiger partial charge >= 0.3 is 0 Å². The fraction of sp³-hybridized carbons (Fsp3) is 0.647. The number of nitrogens with one attached hydrogen (secondary N) is 1. The van der Waals surface area contributed by atoms with E-state index >= 15 is 0 Å². The van der Waals surface area contributed by atoms with Crippen molar-refractivity contribution in [1.82, 2.24) is 9.80 Å². The first-order valence-electron chi connectivity index (χ1n) is 8.11. The highest BCUT2D eigenvalue weighted by Gasteiger charge is 2.17. The van der Waals surface area contributed by atoms with E-state index in [-0.39, 0.29) is 0 Å². The van der Waals surface area contributed by atoms with Crippen molar-refractivity contribution in [3.05, 3.63) is 24.3 Å². The number of piperidine rings is 1. The minimum atomic E-state index is 0.597. The van der Waals surface area contributed by atoms with Gasteiger partial charge in [-0.1, -0.05) is 6.07 Å². The van der Waals surface area contributed by atoms with Gasteiger partial charge in [-0.25, -0.2) is 0 Å². The molecule has 0 atom stereocenters. The molecule has 2 aliphatic rings. The summed E-state index contributed by atoms with van der Waals surface area (Å²) in [7, 11) is 4.40. The van der Waals surface area contributed by atoms with E-state index in [1.54, 1.807) is 0 Å². The smallest absolute Gasteiger partial charge is 0.0443 e. The molecule has 1 aromatic carbocycles. The number of benzene rings is 1. The number of rotatable bonds is 3. The topological polar surface area (TPSA) is 21.8 Å². The molecule has 4 nitrogen and oxygen atoms in total. The average molecular weight is 287 g/mol. The summed E-state index contributed by atoms with van der Waals surface area (Å²) in [6.45, 7) is 6.92. The lowest BCUT2D eigenvalue weighted by molar-refractivity contribution is 0.264. The van der Waals surface area contributed by atoms with Crippen LogP contribution >= 0.6 is 0 Å². The highest BCUT2D eigenvalue weighted by molar-refractivity contribution is 5.58. The zero-order chi connectivity index (χ0) is 14.7. The molecule has 1 radical (unpaired) electrons. The predicted molar refractivity (Wildman–Crippen MR) is 89.1 cm³/mol. The molecule has 2 aliphatic heterocycles. The molecule has 0 amide bonds. The number of likely N-dealkylation sites (N-methyl/N-ethyl adjacent to an activating group) is 1. The molecule has 1 N–H and O–H groups in total. The van der Waals surface area contributed by atoms with Crippen molar-refractivity contribution < 1.29 is 0 Å². The lowest BCUT2D eigenvalue weighted by Crippen LogP contribution is -2.44. The Morgan fingerprint density at radius 3 is 2.38 bits per heavy atom. The Kier molecular flexibility index (Phi) is 4.66. The normalized spacial score (nSPS) is 22.5. The quantitative estimate of drug-likeness (QED) is 0.914. The number of anilines is 2. The SMILES string of the molecule is CN1CCC(Nc2[c]ccc(N3CCN(C)CC3)c2)CC1. The lowest BCUT2D eigenvalue weighted by atomic mass is 10.1. The van der Waals surface area contributed by atoms with Gasteiger partial charge in [0.1, 0.15) is 0 Å². The van der Waals surface area contributed by atoms with Gasteiger partial charge in [-0.05, 0) is 52.2 Å². The zero-order valence-electron chi connectivity index (χ0n) is 13.3. The molecule has 0 saturated carbocycles. The van der Waals surface area contributed by atoms with Gasteiger partial charge in [-0.15, -0.1) is 0 Å². The van der Waals surface area contributed by atoms with Crippen molar-refractivity contribution in [3.63, 3.8) is 0 Å². The standard InChI is InChI=1S/C17H27N4/c1-19-8-6-15(7-9-19)18-16-4-3-5-17(14-16)21-12-10-20(2)11-13-21/h3,5,14-15,18H,6-13H2,1-2H3. The highest BCUT2D eigenvalue weighted by atomic mass is 15.2. The Bertz CT molecular complexity index is 446. The van der Waals surface area contributed by atoms with E-state index in [1.165, 1.54) is 31.6 Å². The molecule has 2 fully saturated rings. The first-order chi connectivity index (χ1) is 10.2. The van der Waals surface area contributed by atoms with Gasteiger partial charge in [0.25, 0.3) is 0 Å². The predicted octanol–water partition coefficient (Wildman–Crippen LogP) is 1.74. The summed E-state index contributed by atoms with van der Waals surface area (Å²) in [4.78, 5) is 7.28. The van der Waals surface area contributed by atoms with Crippen LogP contribution in [0.15, 0.2) is 18.2 Å². The van der Waals surface area contributed by atoms with E-state index in [4.69, 9.17) is 0 Å². The van der Waals surface area contributed by atoms with Crippen LogP contribution < -0.4 is 10.2 Å². The molecule has 2 heterocycles. The van der Waals surface area contributed by atoms with Crippen LogP contribution in [0.2, 0.25) is 0 Å². The lowest BCUT2D eigenvalue weighted by Gasteiger charge is -2.34. The van der Waals surface area contributed by atoms with Crippen LogP contribution in [0.25, 0.3) is 0 Å². The fourth-order valence-corrected chi connectivity index (χ4v) is 3.17. The molecule has 0 spiro atoms. The maximum Gasteiger partial charge on any atom is 0.0443 e. The highest BCUT2D eigenvalue weighted by Crippen LogP contribution is 2.22. The Labute approximate surface area is 128 Å². The van der Waals surface area contributed by atoms with E-state index in [9.17, 15) is 0 Å². The molecule has 0 unspecified atom stereocenters. The van der Waals surface area contributed by atoms with Gasteiger partial charge in [-0.3, -0.25) is 0 Å². The summed E-state index contributed by atoms with van der Waals surface area (Å²) in [6, 6.07) is 10.5. The van der Waals surface area contributed by atoms with Crippen LogP contribution in [0.5, 0.6) is 0 Å². The van der Waals surface area contributed by atoms with Gasteiger partial charge in [0.2, 0.25) is 0 Å². The summed E-state index contributed by atoms with van der Waals surface area (Å²) < 4.78 is 0. The van der Waals surface area contributed by atoms with Gasteiger partial charge in [0.15, 0.2) is 0 Å². The van der Waals surface area contributed by atoms with Crippen LogP contribution in [0.1, 0.15) is 12.8 Å². The maximum atomic E-state index is 3.67. The molecular formula is C17H27N4. The second-order valence-corrected chi connectivity index (χ2v) is 6.47. The second-order valence-electron chi connectivity index (χ2n) is 6.47. The largest absolute Gasteiger partial charge is 0.382 e. The summed E-state index contributed by atoms with van der Waals surface area (Å²) in [5, 5.41) is 3.67. The molecule has 4 heteroatoms. The summed E-state index contributed by atoms with van der Waals surface area (Å²) in [6.07, 6.45) is 2.45. The number of nitrogens with zero attached hydrogens (tertiary/aromatic N) is 3. The van der Waals surface area contributed by atoms with E-state index in [2.05, 4.69) is 58.4 Å². The van der Waals surface area contributed by atoms with Gasteiger partial charge < -0.3 is 20.0 Å². The Morgan fingerprint density at radius 1 is 1.00 bits per heavy atom. The van der Waals surface area contributed by atoms with Crippen LogP contribution in [0.4, 0.5) is 11.4 Å². The van der Waals surface area contributed by atoms with Gasteiger partial charge in [-0.2, -0.15) is 0 Å². The van der Waals surface area contributed by atoms with Gasteiger partial charge in [0, 0.05) is 49.7 Å². The summed E-state index contributed by atoms with van der Waals surface area (Å²) in [5.41, 5.74) is 2.48. The van der Waals surface area contributed by atoms with E-state index < -0.39 is 0 Å². The number of hydrogen-bond acceptors (Lipinski definition) is 4. The Hall–Kier alpha value is -1.26. The van der Waals surface area contributed by atoms with Crippen LogP contribution in [0, 0.1) is 6.07 Å². The van der Waals surface area contributed by atoms with Crippen molar-refractivity contribution in [3.8, 4) is 0 Å². The molecule has 115 valence electrons. The van der Waals surface area contributed by atoms with E-state index in [0.717, 1.165) is 31.9 Å². The van der Waals surface area contributed by atoms with Crippen molar-refractivity contribution >= 4 is 11.4 Å². The van der Waals surface area contributed by atoms with Gasteiger partial charge in [0.05, 0.1) is 0 Å². The van der Waals surface area contributed by atoms with E-state index in [0.29, 0.717) is 6.04 Å². The molecule has 1 aromatic rings. The zero-order valence-corrected chi connectivity index (χ0v) is 13.3. The molecule has 3 rings (SSSR count). The van der Waals surface area contributed by atoms with Crippen molar-refractivity contribution in [1.29, 1.82) is 0 Å². The third-order valence-electron chi connectivity index (χ3n) is 4.73. The fourth-order valence-electron chi connectivity index (χ4n) is 3.17. The summed E-state index contributed by atoms with van der Waals surface area (Å²) in [5.74, 6) is 0. The number of likely N-dealkylation sites (tertiary alicyclic amines) is 1. The van der Waals surface area contributed by atoms with Crippen molar-refractivity contribution in [2.75, 3.05) is 63.6 Å². The first kappa shape index (κ1) is 14.7. The van der Waals surface area contributed by atoms with Crippen LogP contribution in [-0.4, -0.2) is 69.2 Å². The third-order valence-corrected chi connectivity index (χ3v) is 4.73. The first-order valence-corrected chi connectivity index (χ1v) is 8.11. The van der Waals surface area contributed by atoms with Crippen molar-refractivity contribution in [2.45, 2.75) is 18.9 Å². The van der Waals surface area contributed by atoms with Crippen molar-refractivity contribution in [2.24, 2.45) is 0 Å². The average Bonchev–Trinajstić information content (AvgIpc) is 2.51. The summed E-state index contributed by atoms with van der Waals surface area (Å²) >= 11 is 0. The van der Waals surface area contributed by atoms with E-state index in [1.807, 2.05) is 0 Å². The molecular weight excluding hydrogens is 260 g/mol. The Morgan fingerprint density at radius 2 is 1.67 bits per heavy atom. The molecule has 0 aliphatic carbocycles. The molecule has 0 aromatic heterocycles.